The topological polar surface area (TPSA) is 25.1 Å². The van der Waals surface area contributed by atoms with E-state index in [1.807, 2.05) is 6.92 Å². The van der Waals surface area contributed by atoms with E-state index in [0.29, 0.717) is 5.92 Å². The molecule has 2 heteroatoms. The maximum Gasteiger partial charge on any atom is 0.238 e. The van der Waals surface area contributed by atoms with Crippen LogP contribution in [-0.4, -0.2) is 11.6 Å². The predicted octanol–water partition coefficient (Wildman–Crippen LogP) is 2.23. The molecule has 0 N–H and O–H groups in total. The minimum atomic E-state index is -0.305. The summed E-state index contributed by atoms with van der Waals surface area (Å²) in [5.74, 6) is -0.103. The van der Waals surface area contributed by atoms with Crippen molar-refractivity contribution < 1.29 is 9.47 Å². The van der Waals surface area contributed by atoms with Crippen molar-refractivity contribution in [2.24, 2.45) is 11.3 Å². The molecule has 0 aromatic carbocycles. The zero-order chi connectivity index (χ0) is 9.32. The van der Waals surface area contributed by atoms with Gasteiger partial charge in [-0.2, -0.15) is 0 Å². The molecular weight excluding hydrogens is 164 g/mol. The van der Waals surface area contributed by atoms with E-state index in [9.17, 15) is 0 Å². The molecule has 2 heterocycles. The van der Waals surface area contributed by atoms with Crippen molar-refractivity contribution in [1.29, 1.82) is 0 Å². The Morgan fingerprint density at radius 1 is 1.15 bits per heavy atom. The predicted molar refractivity (Wildman–Crippen MR) is 48.9 cm³/mol. The summed E-state index contributed by atoms with van der Waals surface area (Å²) in [6.07, 6.45) is 8.58. The summed E-state index contributed by atoms with van der Waals surface area (Å²) in [5, 5.41) is 0. The second-order valence-electron chi connectivity index (χ2n) is 4.58. The fourth-order valence-corrected chi connectivity index (χ4v) is 2.46. The van der Waals surface area contributed by atoms with Crippen LogP contribution in [0.15, 0.2) is 24.3 Å². The van der Waals surface area contributed by atoms with Crippen molar-refractivity contribution in [2.45, 2.75) is 32.3 Å². The van der Waals surface area contributed by atoms with Gasteiger partial charge >= 0.3 is 0 Å². The van der Waals surface area contributed by atoms with Crippen molar-refractivity contribution in [1.82, 2.24) is 0 Å². The highest BCUT2D eigenvalue weighted by atomic mass is 17.0. The summed E-state index contributed by atoms with van der Waals surface area (Å²) in [5.41, 5.74) is 0.0104. The van der Waals surface area contributed by atoms with Gasteiger partial charge in [-0.25, -0.2) is 0 Å². The number of hydrogen-bond donors (Lipinski definition) is 0. The van der Waals surface area contributed by atoms with Crippen molar-refractivity contribution in [2.75, 3.05) is 0 Å². The molecule has 0 saturated carbocycles. The van der Waals surface area contributed by atoms with E-state index in [4.69, 9.17) is 9.47 Å². The van der Waals surface area contributed by atoms with Crippen LogP contribution in [0.3, 0.4) is 0 Å². The molecule has 1 aliphatic carbocycles. The van der Waals surface area contributed by atoms with Gasteiger partial charge in [0.2, 0.25) is 11.6 Å². The lowest BCUT2D eigenvalue weighted by Crippen LogP contribution is -2.34. The minimum Gasteiger partial charge on any atom is -0.306 e. The van der Waals surface area contributed by atoms with Crippen molar-refractivity contribution >= 4 is 0 Å². The maximum absolute atomic E-state index is 5.59. The monoisotopic (exact) mass is 178 g/mol. The van der Waals surface area contributed by atoms with Crippen LogP contribution in [0.1, 0.15) is 20.8 Å². The number of hydrogen-bond acceptors (Lipinski definition) is 2. The summed E-state index contributed by atoms with van der Waals surface area (Å²) < 4.78 is 11.2. The van der Waals surface area contributed by atoms with Gasteiger partial charge in [-0.15, -0.1) is 0 Å². The van der Waals surface area contributed by atoms with Crippen LogP contribution >= 0.6 is 0 Å². The fourth-order valence-electron chi connectivity index (χ4n) is 2.46. The van der Waals surface area contributed by atoms with Gasteiger partial charge in [0.05, 0.1) is 5.41 Å². The smallest absolute Gasteiger partial charge is 0.238 e. The van der Waals surface area contributed by atoms with Crippen LogP contribution in [0.2, 0.25) is 0 Å². The second kappa shape index (κ2) is 1.77. The lowest BCUT2D eigenvalue weighted by atomic mass is 9.71. The van der Waals surface area contributed by atoms with Gasteiger partial charge in [0.25, 0.3) is 0 Å². The van der Waals surface area contributed by atoms with Crippen LogP contribution in [0.25, 0.3) is 0 Å². The molecule has 0 aromatic rings. The lowest BCUT2D eigenvalue weighted by molar-refractivity contribution is -0.131. The van der Waals surface area contributed by atoms with E-state index in [2.05, 4.69) is 38.2 Å². The summed E-state index contributed by atoms with van der Waals surface area (Å²) in [6.45, 7) is 6.42. The molecule has 0 amide bonds. The SMILES string of the molecule is CC1C=CC=CC1(C)C12OC1(C)O2. The number of rotatable bonds is 1. The van der Waals surface area contributed by atoms with Gasteiger partial charge in [0.15, 0.2) is 0 Å². The van der Waals surface area contributed by atoms with Crippen molar-refractivity contribution in [3.05, 3.63) is 24.3 Å². The Balaban J connectivity index is 1.98. The van der Waals surface area contributed by atoms with Gasteiger partial charge in [-0.05, 0) is 12.8 Å². The highest BCUT2D eigenvalue weighted by Gasteiger charge is 2.93. The van der Waals surface area contributed by atoms with Crippen LogP contribution in [-0.2, 0) is 9.47 Å². The van der Waals surface area contributed by atoms with Crippen LogP contribution < -0.4 is 0 Å². The first-order valence-electron chi connectivity index (χ1n) is 4.80. The van der Waals surface area contributed by atoms with Crippen molar-refractivity contribution in [3.8, 4) is 0 Å². The Morgan fingerprint density at radius 2 is 1.77 bits per heavy atom. The number of fused-ring (bicyclic) bond motifs is 1. The van der Waals surface area contributed by atoms with Crippen molar-refractivity contribution in [3.63, 3.8) is 0 Å². The van der Waals surface area contributed by atoms with Gasteiger partial charge < -0.3 is 9.47 Å². The molecule has 0 bridgehead atoms. The van der Waals surface area contributed by atoms with Gasteiger partial charge in [-0.1, -0.05) is 38.2 Å². The molecule has 2 atom stereocenters. The van der Waals surface area contributed by atoms with Crippen LogP contribution in [0, 0.1) is 11.3 Å². The molecule has 13 heavy (non-hydrogen) atoms. The van der Waals surface area contributed by atoms with Crippen LogP contribution in [0.5, 0.6) is 0 Å². The molecule has 0 spiro atoms. The first kappa shape index (κ1) is 7.77. The quantitative estimate of drug-likeness (QED) is 0.575. The molecule has 3 rings (SSSR count). The van der Waals surface area contributed by atoms with E-state index in [0.717, 1.165) is 0 Å². The molecule has 2 unspecified atom stereocenters. The first-order chi connectivity index (χ1) is 6.04. The zero-order valence-electron chi connectivity index (χ0n) is 8.20. The molecule has 0 aromatic heterocycles. The Kier molecular flexibility index (Phi) is 1.06. The highest BCUT2D eigenvalue weighted by molar-refractivity contribution is 5.33. The summed E-state index contributed by atoms with van der Waals surface area (Å²) >= 11 is 0. The molecule has 2 aliphatic heterocycles. The number of ether oxygens (including phenoxy) is 2. The largest absolute Gasteiger partial charge is 0.306 e. The summed E-state index contributed by atoms with van der Waals surface area (Å²) in [4.78, 5) is 0. The molecule has 70 valence electrons. The van der Waals surface area contributed by atoms with Gasteiger partial charge in [0, 0.05) is 0 Å². The first-order valence-corrected chi connectivity index (χ1v) is 4.80. The van der Waals surface area contributed by atoms with Gasteiger partial charge in [0.1, 0.15) is 0 Å². The standard InChI is InChI=1S/C11H14O2/c1-8-6-4-5-7-9(8,2)11-10(3,12-11)13-11/h4-8H,1-3H3. The van der Waals surface area contributed by atoms with E-state index < -0.39 is 0 Å². The Morgan fingerprint density at radius 3 is 2.23 bits per heavy atom. The molecular formula is C11H14O2. The summed E-state index contributed by atoms with van der Waals surface area (Å²) in [7, 11) is 0. The zero-order valence-corrected chi connectivity index (χ0v) is 8.20. The number of epoxide rings is 2. The maximum atomic E-state index is 5.59. The third kappa shape index (κ3) is 0.649. The second-order valence-corrected chi connectivity index (χ2v) is 4.58. The average Bonchev–Trinajstić information content (AvgIpc) is 2.81. The van der Waals surface area contributed by atoms with E-state index >= 15 is 0 Å². The Hall–Kier alpha value is -0.600. The lowest BCUT2D eigenvalue weighted by Gasteiger charge is -2.32. The normalized spacial score (nSPS) is 61.9. The molecule has 2 nitrogen and oxygen atoms in total. The average molecular weight is 178 g/mol. The van der Waals surface area contributed by atoms with E-state index in [1.54, 1.807) is 0 Å². The van der Waals surface area contributed by atoms with E-state index in [1.165, 1.54) is 0 Å². The third-order valence-electron chi connectivity index (χ3n) is 3.80. The molecule has 3 aliphatic rings. The molecule has 2 saturated heterocycles. The van der Waals surface area contributed by atoms with Crippen LogP contribution in [0.4, 0.5) is 0 Å². The fraction of sp³-hybridized carbons (Fsp3) is 0.636. The van der Waals surface area contributed by atoms with Gasteiger partial charge in [-0.3, -0.25) is 0 Å². The Bertz CT molecular complexity index is 323. The molecule has 0 radical (unpaired) electrons. The molecule has 2 fully saturated rings. The Labute approximate surface area is 78.2 Å². The third-order valence-corrected chi connectivity index (χ3v) is 3.80. The highest BCUT2D eigenvalue weighted by Crippen LogP contribution is 2.76. The summed E-state index contributed by atoms with van der Waals surface area (Å²) in [6, 6.07) is 0. The van der Waals surface area contributed by atoms with E-state index in [-0.39, 0.29) is 17.0 Å². The number of allylic oxidation sites excluding steroid dienone is 3. The minimum absolute atomic E-state index is 0.0104.